The molecule has 15 heavy (non-hydrogen) atoms. The highest BCUT2D eigenvalue weighted by Crippen LogP contribution is 2.22. The van der Waals surface area contributed by atoms with Crippen LogP contribution in [-0.4, -0.2) is 21.8 Å². The lowest BCUT2D eigenvalue weighted by molar-refractivity contribution is -0.136. The fraction of sp³-hybridized carbons (Fsp3) is 0.375. The molecule has 0 atom stereocenters. The zero-order valence-corrected chi connectivity index (χ0v) is 8.14. The van der Waals surface area contributed by atoms with Gasteiger partial charge in [0.2, 0.25) is 0 Å². The molecule has 0 aliphatic rings. The summed E-state index contributed by atoms with van der Waals surface area (Å²) < 4.78 is 36.6. The molecule has 0 amide bonds. The Kier molecular flexibility index (Phi) is 3.28. The molecule has 0 fully saturated rings. The second-order valence-electron chi connectivity index (χ2n) is 2.91. The third-order valence-electron chi connectivity index (χ3n) is 1.72. The van der Waals surface area contributed by atoms with Crippen molar-refractivity contribution < 1.29 is 23.1 Å². The lowest BCUT2D eigenvalue weighted by Crippen LogP contribution is -2.14. The second kappa shape index (κ2) is 4.14. The molecule has 7 heteroatoms. The van der Waals surface area contributed by atoms with E-state index in [1.54, 1.807) is 0 Å². The van der Waals surface area contributed by atoms with Crippen LogP contribution < -0.4 is 0 Å². The quantitative estimate of drug-likeness (QED) is 0.884. The van der Waals surface area contributed by atoms with E-state index in [0.717, 1.165) is 16.8 Å². The summed E-state index contributed by atoms with van der Waals surface area (Å²) in [5.74, 6) is -1.30. The number of halogens is 4. The van der Waals surface area contributed by atoms with Gasteiger partial charge in [0.25, 0.3) is 0 Å². The molecule has 0 unspecified atom stereocenters. The summed E-state index contributed by atoms with van der Waals surface area (Å²) in [7, 11) is 0. The predicted molar refractivity (Wildman–Crippen MR) is 47.1 cm³/mol. The molecular weight excluding hydrogens is 235 g/mol. The molecule has 0 aromatic carbocycles. The number of carbonyl (C=O) groups is 1. The van der Waals surface area contributed by atoms with E-state index in [9.17, 15) is 18.0 Å². The van der Waals surface area contributed by atoms with Gasteiger partial charge < -0.3 is 9.67 Å². The first-order chi connectivity index (χ1) is 6.79. The molecule has 1 aromatic rings. The highest BCUT2D eigenvalue weighted by molar-refractivity contribution is 6.30. The number of hydrogen-bond donors (Lipinski definition) is 1. The minimum Gasteiger partial charge on any atom is -0.477 e. The van der Waals surface area contributed by atoms with Gasteiger partial charge in [-0.05, 0) is 6.07 Å². The molecule has 1 N–H and O–H groups in total. The van der Waals surface area contributed by atoms with Crippen LogP contribution in [0.25, 0.3) is 0 Å². The fourth-order valence-electron chi connectivity index (χ4n) is 1.09. The van der Waals surface area contributed by atoms with E-state index in [1.807, 2.05) is 0 Å². The van der Waals surface area contributed by atoms with Crippen LogP contribution in [0.1, 0.15) is 16.9 Å². The summed E-state index contributed by atoms with van der Waals surface area (Å²) >= 11 is 5.49. The Morgan fingerprint density at radius 2 is 2.13 bits per heavy atom. The molecule has 0 spiro atoms. The summed E-state index contributed by atoms with van der Waals surface area (Å²) in [6, 6.07) is 1.11. The van der Waals surface area contributed by atoms with Crippen molar-refractivity contribution in [3.8, 4) is 0 Å². The van der Waals surface area contributed by atoms with Gasteiger partial charge in [0.1, 0.15) is 5.69 Å². The number of aryl methyl sites for hydroxylation is 1. The molecule has 0 bridgehead atoms. The summed E-state index contributed by atoms with van der Waals surface area (Å²) in [5.41, 5.74) is -0.246. The Hall–Kier alpha value is -1.17. The third kappa shape index (κ3) is 3.47. The van der Waals surface area contributed by atoms with Crippen molar-refractivity contribution in [1.82, 2.24) is 4.57 Å². The molecule has 0 saturated heterocycles. The number of hydrogen-bond acceptors (Lipinski definition) is 1. The summed E-state index contributed by atoms with van der Waals surface area (Å²) in [4.78, 5) is 10.6. The number of carboxylic acid groups (broad SMARTS) is 1. The van der Waals surface area contributed by atoms with Crippen LogP contribution in [-0.2, 0) is 6.54 Å². The lowest BCUT2D eigenvalue weighted by Gasteiger charge is -2.08. The topological polar surface area (TPSA) is 42.2 Å². The third-order valence-corrected chi connectivity index (χ3v) is 1.93. The van der Waals surface area contributed by atoms with Gasteiger partial charge in [-0.25, -0.2) is 4.79 Å². The van der Waals surface area contributed by atoms with Gasteiger partial charge in [-0.3, -0.25) is 0 Å². The molecule has 0 aliphatic carbocycles. The minimum atomic E-state index is -4.31. The Labute approximate surface area is 88.1 Å². The van der Waals surface area contributed by atoms with Crippen molar-refractivity contribution >= 4 is 17.6 Å². The molecule has 84 valence electrons. The van der Waals surface area contributed by atoms with Crippen LogP contribution in [0.5, 0.6) is 0 Å². The van der Waals surface area contributed by atoms with Crippen molar-refractivity contribution in [1.29, 1.82) is 0 Å². The molecule has 3 nitrogen and oxygen atoms in total. The average molecular weight is 242 g/mol. The molecule has 0 saturated carbocycles. The molecule has 1 aromatic heterocycles. The van der Waals surface area contributed by atoms with Crippen molar-refractivity contribution in [2.45, 2.75) is 19.1 Å². The first-order valence-electron chi connectivity index (χ1n) is 3.95. The predicted octanol–water partition coefficient (Wildman–Crippen LogP) is 2.79. The van der Waals surface area contributed by atoms with E-state index in [-0.39, 0.29) is 10.7 Å². The zero-order chi connectivity index (χ0) is 11.6. The molecule has 0 aliphatic heterocycles. The first kappa shape index (κ1) is 11.9. The molecular formula is C8H7ClF3NO2. The van der Waals surface area contributed by atoms with Crippen LogP contribution in [0, 0.1) is 0 Å². The standard InChI is InChI=1S/C8H7ClF3NO2/c9-5-3-6(7(14)15)13(4-5)2-1-8(10,11)12/h3-4H,1-2H2,(H,14,15). The highest BCUT2D eigenvalue weighted by atomic mass is 35.5. The monoisotopic (exact) mass is 241 g/mol. The van der Waals surface area contributed by atoms with Crippen molar-refractivity contribution in [3.63, 3.8) is 0 Å². The highest BCUT2D eigenvalue weighted by Gasteiger charge is 2.27. The van der Waals surface area contributed by atoms with Crippen LogP contribution in [0.4, 0.5) is 13.2 Å². The normalized spacial score (nSPS) is 11.7. The van der Waals surface area contributed by atoms with Gasteiger partial charge in [0.15, 0.2) is 0 Å². The van der Waals surface area contributed by atoms with E-state index in [1.165, 1.54) is 0 Å². The maximum Gasteiger partial charge on any atom is 0.390 e. The molecule has 1 heterocycles. The Morgan fingerprint density at radius 1 is 1.53 bits per heavy atom. The van der Waals surface area contributed by atoms with Crippen LogP contribution in [0.15, 0.2) is 12.3 Å². The Balaban J connectivity index is 2.80. The van der Waals surface area contributed by atoms with Crippen molar-refractivity contribution in [2.24, 2.45) is 0 Å². The van der Waals surface area contributed by atoms with E-state index in [4.69, 9.17) is 16.7 Å². The number of aromatic carboxylic acids is 1. The van der Waals surface area contributed by atoms with Crippen LogP contribution in [0.2, 0.25) is 5.02 Å². The lowest BCUT2D eigenvalue weighted by atomic mass is 10.4. The number of alkyl halides is 3. The fourth-order valence-corrected chi connectivity index (χ4v) is 1.31. The minimum absolute atomic E-state index is 0.106. The number of carboxylic acids is 1. The van der Waals surface area contributed by atoms with E-state index in [0.29, 0.717) is 0 Å². The van der Waals surface area contributed by atoms with Gasteiger partial charge in [0, 0.05) is 12.7 Å². The van der Waals surface area contributed by atoms with Gasteiger partial charge in [-0.15, -0.1) is 0 Å². The molecule has 1 rings (SSSR count). The second-order valence-corrected chi connectivity index (χ2v) is 3.34. The average Bonchev–Trinajstić information content (AvgIpc) is 2.42. The Morgan fingerprint density at radius 3 is 2.60 bits per heavy atom. The number of rotatable bonds is 3. The van der Waals surface area contributed by atoms with Crippen LogP contribution >= 0.6 is 11.6 Å². The van der Waals surface area contributed by atoms with Crippen molar-refractivity contribution in [2.75, 3.05) is 0 Å². The van der Waals surface area contributed by atoms with Gasteiger partial charge in [-0.2, -0.15) is 13.2 Å². The summed E-state index contributed by atoms with van der Waals surface area (Å²) in [6.45, 7) is -0.447. The van der Waals surface area contributed by atoms with Crippen molar-refractivity contribution in [3.05, 3.63) is 23.0 Å². The zero-order valence-electron chi connectivity index (χ0n) is 7.38. The largest absolute Gasteiger partial charge is 0.477 e. The maximum absolute atomic E-state index is 11.9. The van der Waals surface area contributed by atoms with E-state index < -0.39 is 25.1 Å². The maximum atomic E-state index is 11.9. The van der Waals surface area contributed by atoms with E-state index in [2.05, 4.69) is 0 Å². The Bertz CT molecular complexity index is 372. The number of nitrogens with zero attached hydrogens (tertiary/aromatic N) is 1. The van der Waals surface area contributed by atoms with Gasteiger partial charge in [-0.1, -0.05) is 11.6 Å². The van der Waals surface area contributed by atoms with Crippen LogP contribution in [0.3, 0.4) is 0 Å². The van der Waals surface area contributed by atoms with E-state index >= 15 is 0 Å². The first-order valence-corrected chi connectivity index (χ1v) is 4.33. The number of aromatic nitrogens is 1. The molecule has 0 radical (unpaired) electrons. The van der Waals surface area contributed by atoms with Gasteiger partial charge >= 0.3 is 12.1 Å². The smallest absolute Gasteiger partial charge is 0.390 e. The summed E-state index contributed by atoms with van der Waals surface area (Å²) in [5, 5.41) is 8.75. The SMILES string of the molecule is O=C(O)c1cc(Cl)cn1CCC(F)(F)F. The summed E-state index contributed by atoms with van der Waals surface area (Å²) in [6.07, 6.45) is -4.23. The van der Waals surface area contributed by atoms with Gasteiger partial charge in [0.05, 0.1) is 11.4 Å².